The fourth-order valence-corrected chi connectivity index (χ4v) is 8.32. The summed E-state index contributed by atoms with van der Waals surface area (Å²) in [6, 6.07) is 4.57. The zero-order valence-electron chi connectivity index (χ0n) is 26.3. The van der Waals surface area contributed by atoms with E-state index in [1.54, 1.807) is 6.07 Å². The molecule has 2 aliphatic carbocycles. The summed E-state index contributed by atoms with van der Waals surface area (Å²) in [5.74, 6) is -5.33. The van der Waals surface area contributed by atoms with Gasteiger partial charge in [-0.2, -0.15) is 0 Å². The van der Waals surface area contributed by atoms with Crippen molar-refractivity contribution in [1.29, 1.82) is 0 Å². The van der Waals surface area contributed by atoms with Crippen LogP contribution in [0.15, 0.2) is 37.3 Å². The van der Waals surface area contributed by atoms with Crippen molar-refractivity contribution in [3.05, 3.63) is 49.1 Å². The third kappa shape index (κ3) is 5.22. The first-order valence-corrected chi connectivity index (χ1v) is 16.6. The fourth-order valence-electron chi connectivity index (χ4n) is 7.96. The molecule has 21 heteroatoms. The molecular formula is C30H34BrN5O15. The van der Waals surface area contributed by atoms with Gasteiger partial charge in [0, 0.05) is 22.6 Å². The number of fused-ring (bicyclic) bond motifs is 4. The molecule has 0 bridgehead atoms. The maximum absolute atomic E-state index is 14.7. The van der Waals surface area contributed by atoms with Crippen molar-refractivity contribution in [3.63, 3.8) is 0 Å². The second-order valence-corrected chi connectivity index (χ2v) is 14.2. The quantitative estimate of drug-likeness (QED) is 0.130. The first-order valence-electron chi connectivity index (χ1n) is 15.8. The van der Waals surface area contributed by atoms with Gasteiger partial charge in [0.25, 0.3) is 5.56 Å². The Kier molecular flexibility index (Phi) is 8.78. The second-order valence-electron chi connectivity index (χ2n) is 13.3. The number of nitrogens with one attached hydrogen (secondary N) is 4. The van der Waals surface area contributed by atoms with Crippen molar-refractivity contribution in [2.24, 2.45) is 16.8 Å². The zero-order valence-corrected chi connectivity index (χ0v) is 27.9. The normalized spacial score (nSPS) is 41.5. The summed E-state index contributed by atoms with van der Waals surface area (Å²) in [6.45, 7) is 0.365. The number of aliphatic imine (C=N–C) groups is 1. The largest absolute Gasteiger partial charge is 0.456 e. The molecule has 2 aromatic rings. The molecule has 3 aliphatic heterocycles. The first kappa shape index (κ1) is 35.8. The van der Waals surface area contributed by atoms with Gasteiger partial charge in [0.05, 0.1) is 18.2 Å². The highest BCUT2D eigenvalue weighted by Gasteiger charge is 2.75. The summed E-state index contributed by atoms with van der Waals surface area (Å²) in [6.07, 6.45) is -19.5. The molecule has 20 nitrogen and oxygen atoms in total. The number of ether oxygens (including phenoxy) is 3. The molecule has 14 atom stereocenters. The third-order valence-electron chi connectivity index (χ3n) is 10.4. The maximum Gasteiger partial charge on any atom is 0.327 e. The lowest BCUT2D eigenvalue weighted by molar-refractivity contribution is -0.322. The fraction of sp³-hybridized carbons (Fsp3) is 0.567. The molecule has 1 aromatic heterocycles. The first-order chi connectivity index (χ1) is 24.0. The van der Waals surface area contributed by atoms with Gasteiger partial charge in [-0.3, -0.25) is 24.4 Å². The Bertz CT molecular complexity index is 1920. The van der Waals surface area contributed by atoms with Crippen LogP contribution in [-0.2, 0) is 29.2 Å². The van der Waals surface area contributed by atoms with Crippen molar-refractivity contribution in [2.45, 2.75) is 79.2 Å². The van der Waals surface area contributed by atoms with E-state index in [4.69, 9.17) is 14.2 Å². The van der Waals surface area contributed by atoms with E-state index in [0.29, 0.717) is 4.47 Å². The van der Waals surface area contributed by atoms with Crippen LogP contribution in [0.25, 0.3) is 0 Å². The minimum Gasteiger partial charge on any atom is -0.456 e. The Balaban J connectivity index is 1.34. The number of H-pyrrole nitrogens is 2. The van der Waals surface area contributed by atoms with Gasteiger partial charge in [0.15, 0.2) is 18.1 Å². The number of amides is 1. The van der Waals surface area contributed by atoms with Crippen molar-refractivity contribution >= 4 is 50.7 Å². The number of esters is 1. The van der Waals surface area contributed by atoms with Crippen molar-refractivity contribution in [3.8, 4) is 0 Å². The third-order valence-corrected chi connectivity index (χ3v) is 10.9. The lowest BCUT2D eigenvalue weighted by atomic mass is 9.65. The van der Waals surface area contributed by atoms with E-state index in [1.165, 1.54) is 19.1 Å². The van der Waals surface area contributed by atoms with E-state index < -0.39 is 114 Å². The van der Waals surface area contributed by atoms with Gasteiger partial charge in [-0.1, -0.05) is 22.0 Å². The van der Waals surface area contributed by atoms with E-state index in [9.17, 15) is 60.0 Å². The summed E-state index contributed by atoms with van der Waals surface area (Å²) in [5.41, 5.74) is -6.65. The number of anilines is 2. The molecule has 12 N–H and O–H groups in total. The van der Waals surface area contributed by atoms with Crippen LogP contribution in [0.5, 0.6) is 0 Å². The SMILES string of the molecule is C[C@@]1(O)C2=Nc3c([nH]c(=O)[nH]c3=O)NC[C@H]2[C@H](C(=O)OC2C(O[C@@H]3OC[C@@H](O)[C@H](O)[C@H]3O)[C@@H](O)[C@H](O)[C@H](O)[C@@H]2O)[C@]12C(=O)Nc1cc(Br)ccc12. The average molecular weight is 785 g/mol. The molecule has 1 saturated heterocycles. The predicted molar refractivity (Wildman–Crippen MR) is 172 cm³/mol. The summed E-state index contributed by atoms with van der Waals surface area (Å²) in [4.78, 5) is 62.7. The molecule has 276 valence electrons. The molecule has 5 aliphatic rings. The number of nitrogens with zero attached hydrogens (tertiary/aromatic N) is 1. The van der Waals surface area contributed by atoms with E-state index in [1.807, 2.05) is 4.98 Å². The van der Waals surface area contributed by atoms with Crippen LogP contribution in [0.2, 0.25) is 0 Å². The van der Waals surface area contributed by atoms with Crippen LogP contribution >= 0.6 is 15.9 Å². The van der Waals surface area contributed by atoms with Gasteiger partial charge in [0.2, 0.25) is 5.91 Å². The molecule has 2 saturated carbocycles. The summed E-state index contributed by atoms with van der Waals surface area (Å²) < 4.78 is 17.2. The monoisotopic (exact) mass is 783 g/mol. The number of aromatic amines is 2. The van der Waals surface area contributed by atoms with Gasteiger partial charge in [-0.25, -0.2) is 9.79 Å². The molecule has 7 rings (SSSR count). The van der Waals surface area contributed by atoms with Crippen LogP contribution in [0.3, 0.4) is 0 Å². The van der Waals surface area contributed by atoms with E-state index in [0.717, 1.165) is 0 Å². The Morgan fingerprint density at radius 3 is 2.35 bits per heavy atom. The zero-order chi connectivity index (χ0) is 36.9. The van der Waals surface area contributed by atoms with Crippen LogP contribution in [0.4, 0.5) is 17.2 Å². The molecule has 1 aromatic carbocycles. The summed E-state index contributed by atoms with van der Waals surface area (Å²) >= 11 is 3.33. The van der Waals surface area contributed by atoms with Crippen LogP contribution in [0.1, 0.15) is 12.5 Å². The number of benzene rings is 1. The summed E-state index contributed by atoms with van der Waals surface area (Å²) in [7, 11) is 0. The van der Waals surface area contributed by atoms with Gasteiger partial charge >= 0.3 is 11.7 Å². The maximum atomic E-state index is 14.7. The number of hydrogen-bond donors (Lipinski definition) is 12. The van der Waals surface area contributed by atoms with Gasteiger partial charge in [0.1, 0.15) is 65.7 Å². The Hall–Kier alpha value is -3.61. The number of aliphatic hydroxyl groups excluding tert-OH is 7. The minimum absolute atomic E-state index is 0.132. The Morgan fingerprint density at radius 1 is 0.961 bits per heavy atom. The number of carbonyl (C=O) groups is 2. The lowest BCUT2D eigenvalue weighted by Crippen LogP contribution is -2.67. The smallest absolute Gasteiger partial charge is 0.327 e. The van der Waals surface area contributed by atoms with Crippen molar-refractivity contribution in [1.82, 2.24) is 9.97 Å². The number of halogens is 1. The van der Waals surface area contributed by atoms with Crippen LogP contribution < -0.4 is 21.9 Å². The number of carbonyl (C=O) groups excluding carboxylic acids is 2. The lowest BCUT2D eigenvalue weighted by Gasteiger charge is -2.46. The van der Waals surface area contributed by atoms with E-state index in [2.05, 4.69) is 36.5 Å². The van der Waals surface area contributed by atoms with Crippen molar-refractivity contribution in [2.75, 3.05) is 23.8 Å². The van der Waals surface area contributed by atoms with Gasteiger partial charge in [-0.05, 0) is 24.6 Å². The predicted octanol–water partition coefficient (Wildman–Crippen LogP) is -4.60. The van der Waals surface area contributed by atoms with Gasteiger partial charge < -0.3 is 65.7 Å². The van der Waals surface area contributed by atoms with E-state index >= 15 is 0 Å². The number of aromatic nitrogens is 2. The number of hydrogen-bond acceptors (Lipinski definition) is 17. The molecule has 1 amide bonds. The minimum atomic E-state index is -2.36. The van der Waals surface area contributed by atoms with Gasteiger partial charge in [-0.15, -0.1) is 0 Å². The topological polar surface area (TPSA) is 326 Å². The van der Waals surface area contributed by atoms with Crippen LogP contribution in [-0.4, -0.2) is 148 Å². The molecule has 2 unspecified atom stereocenters. The molecular weight excluding hydrogens is 750 g/mol. The molecule has 3 fully saturated rings. The van der Waals surface area contributed by atoms with Crippen molar-refractivity contribution < 1.29 is 64.7 Å². The van der Waals surface area contributed by atoms with Crippen LogP contribution in [0, 0.1) is 11.8 Å². The highest BCUT2D eigenvalue weighted by atomic mass is 79.9. The molecule has 0 radical (unpaired) electrons. The Labute approximate surface area is 293 Å². The molecule has 51 heavy (non-hydrogen) atoms. The highest BCUT2D eigenvalue weighted by Crippen LogP contribution is 2.60. The second kappa shape index (κ2) is 12.5. The number of aliphatic hydroxyl groups is 8. The summed E-state index contributed by atoms with van der Waals surface area (Å²) in [5, 5.41) is 91.7. The molecule has 4 heterocycles. The number of rotatable bonds is 4. The highest BCUT2D eigenvalue weighted by molar-refractivity contribution is 9.10. The average Bonchev–Trinajstić information content (AvgIpc) is 3.35. The van der Waals surface area contributed by atoms with E-state index in [-0.39, 0.29) is 35.0 Å². The molecule has 1 spiro atoms. The Morgan fingerprint density at radius 2 is 1.65 bits per heavy atom. The standard InChI is InChI=1S/C30H34BrN5O15/c1-29(48)22-8(5-32-23-13(34-22)24(44)36-28(47)35-23)12(30(29)9-3-2-7(31)4-10(9)33-27(30)46)25(45)50-20-17(41)15(39)16(40)18(42)21(20)51-26-19(43)14(38)11(37)6-49-26/h2-4,8,11-12,14-21,26,37-43,48H,5-6H2,1H3,(H,33,46)(H3,32,35,36,44,47)/t8-,11+,12+,14-,15-,16+,17-,18-,19+,20?,21?,26-,29+,30+/m0/s1.